The Morgan fingerprint density at radius 1 is 1.06 bits per heavy atom. The van der Waals surface area contributed by atoms with Crippen molar-refractivity contribution in [2.75, 3.05) is 33.2 Å². The van der Waals surface area contributed by atoms with Crippen LogP contribution in [-0.4, -0.2) is 77.4 Å². The van der Waals surface area contributed by atoms with Gasteiger partial charge in [0.25, 0.3) is 0 Å². The molecule has 34 heavy (non-hydrogen) atoms. The molecule has 0 radical (unpaired) electrons. The Kier molecular flexibility index (Phi) is 6.99. The van der Waals surface area contributed by atoms with Gasteiger partial charge in [-0.25, -0.2) is 0 Å². The fourth-order valence-corrected chi connectivity index (χ4v) is 6.76. The molecule has 6 heteroatoms. The van der Waals surface area contributed by atoms with Gasteiger partial charge < -0.3 is 15.1 Å². The zero-order chi connectivity index (χ0) is 23.7. The molecular weight excluding hydrogens is 424 g/mol. The summed E-state index contributed by atoms with van der Waals surface area (Å²) in [6.45, 7) is 6.68. The largest absolute Gasteiger partial charge is 0.348 e. The number of benzene rings is 1. The molecule has 2 amide bonds. The van der Waals surface area contributed by atoms with E-state index in [0.717, 1.165) is 51.4 Å². The predicted molar refractivity (Wildman–Crippen MR) is 134 cm³/mol. The molecule has 4 fully saturated rings. The number of amides is 2. The number of nitrogens with zero attached hydrogens (tertiary/aromatic N) is 3. The summed E-state index contributed by atoms with van der Waals surface area (Å²) in [5.74, 6) is 1.02. The van der Waals surface area contributed by atoms with E-state index in [-0.39, 0.29) is 23.4 Å². The molecule has 1 saturated carbocycles. The lowest BCUT2D eigenvalue weighted by atomic mass is 9.83. The molecule has 186 valence electrons. The summed E-state index contributed by atoms with van der Waals surface area (Å²) >= 11 is 0. The number of carbonyl (C=O) groups is 2. The molecule has 1 spiro atoms. The number of likely N-dealkylation sites (N-methyl/N-ethyl adjacent to an activating group) is 1. The van der Waals surface area contributed by atoms with Crippen molar-refractivity contribution in [1.29, 1.82) is 0 Å². The highest BCUT2D eigenvalue weighted by atomic mass is 16.2. The normalized spacial score (nSPS) is 28.3. The van der Waals surface area contributed by atoms with Crippen molar-refractivity contribution in [2.45, 2.75) is 88.9 Å². The number of hydrogen-bond donors (Lipinski definition) is 1. The van der Waals surface area contributed by atoms with Crippen molar-refractivity contribution < 1.29 is 9.59 Å². The van der Waals surface area contributed by atoms with Gasteiger partial charge in [-0.2, -0.15) is 0 Å². The fraction of sp³-hybridized carbons (Fsp3) is 0.714. The van der Waals surface area contributed by atoms with E-state index >= 15 is 0 Å². The highest BCUT2D eigenvalue weighted by molar-refractivity contribution is 5.92. The first-order valence-corrected chi connectivity index (χ1v) is 13.5. The highest BCUT2D eigenvalue weighted by Crippen LogP contribution is 2.34. The molecule has 3 aliphatic heterocycles. The molecule has 4 aliphatic rings. The van der Waals surface area contributed by atoms with E-state index in [1.54, 1.807) is 0 Å². The van der Waals surface area contributed by atoms with Gasteiger partial charge in [0.05, 0.1) is 12.0 Å². The maximum atomic E-state index is 13.4. The van der Waals surface area contributed by atoms with Gasteiger partial charge in [-0.1, -0.05) is 49.1 Å². The van der Waals surface area contributed by atoms with Crippen molar-refractivity contribution >= 4 is 11.8 Å². The van der Waals surface area contributed by atoms with E-state index in [0.29, 0.717) is 19.0 Å². The first-order valence-electron chi connectivity index (χ1n) is 13.5. The Balaban J connectivity index is 1.17. The van der Waals surface area contributed by atoms with E-state index in [1.807, 2.05) is 4.90 Å². The average Bonchev–Trinajstić information content (AvgIpc) is 3.26. The number of piperidine rings is 1. The summed E-state index contributed by atoms with van der Waals surface area (Å²) in [5, 5.41) is 3.38. The van der Waals surface area contributed by atoms with Crippen LogP contribution in [0.4, 0.5) is 0 Å². The van der Waals surface area contributed by atoms with Crippen molar-refractivity contribution in [3.8, 4) is 0 Å². The average molecular weight is 467 g/mol. The third-order valence-electron chi connectivity index (χ3n) is 9.01. The number of rotatable bonds is 5. The van der Waals surface area contributed by atoms with Crippen molar-refractivity contribution in [1.82, 2.24) is 20.0 Å². The Morgan fingerprint density at radius 3 is 2.47 bits per heavy atom. The minimum absolute atomic E-state index is 0.0754. The van der Waals surface area contributed by atoms with E-state index in [4.69, 9.17) is 0 Å². The van der Waals surface area contributed by atoms with Gasteiger partial charge in [-0.3, -0.25) is 14.5 Å². The predicted octanol–water partition coefficient (Wildman–Crippen LogP) is 3.33. The third-order valence-corrected chi connectivity index (χ3v) is 9.01. The van der Waals surface area contributed by atoms with Gasteiger partial charge in [0, 0.05) is 38.8 Å². The standard InChI is InChI=1S/C28H42N4O2/c1-21-8-10-23(11-9-21)19-31-14-12-28(13-15-31)17-26(33)32-20-24(16-25(32)27(34)29-28)30(2)18-22-6-4-3-5-7-22/h8-11,22,24-25H,3-7,12-20H2,1-2H3,(H,29,34)/t24-,25-/m0/s1. The van der Waals surface area contributed by atoms with Gasteiger partial charge >= 0.3 is 0 Å². The van der Waals surface area contributed by atoms with E-state index in [9.17, 15) is 9.59 Å². The summed E-state index contributed by atoms with van der Waals surface area (Å²) in [7, 11) is 2.19. The molecule has 3 heterocycles. The molecule has 6 nitrogen and oxygen atoms in total. The molecule has 1 aromatic carbocycles. The van der Waals surface area contributed by atoms with Crippen molar-refractivity contribution in [2.24, 2.45) is 5.92 Å². The zero-order valence-corrected chi connectivity index (χ0v) is 21.1. The van der Waals surface area contributed by atoms with E-state index < -0.39 is 0 Å². The SMILES string of the molecule is Cc1ccc(CN2CCC3(CC2)CC(=O)N2C[C@@H](N(C)CC4CCCCC4)C[C@H]2C(=O)N3)cc1. The molecule has 1 N–H and O–H groups in total. The maximum absolute atomic E-state index is 13.4. The molecule has 2 atom stereocenters. The van der Waals surface area contributed by atoms with Crippen LogP contribution >= 0.6 is 0 Å². The van der Waals surface area contributed by atoms with Gasteiger partial charge in [0.15, 0.2) is 0 Å². The Hall–Kier alpha value is -1.92. The first-order chi connectivity index (χ1) is 16.4. The van der Waals surface area contributed by atoms with Gasteiger partial charge in [0.2, 0.25) is 11.8 Å². The highest BCUT2D eigenvalue weighted by Gasteiger charge is 2.49. The van der Waals surface area contributed by atoms with Crippen LogP contribution in [0.25, 0.3) is 0 Å². The molecule has 0 aromatic heterocycles. The molecule has 5 rings (SSSR count). The molecule has 0 unspecified atom stereocenters. The third kappa shape index (κ3) is 5.18. The van der Waals surface area contributed by atoms with E-state index in [1.165, 1.54) is 43.2 Å². The number of carbonyl (C=O) groups excluding carboxylic acids is 2. The molecular formula is C28H42N4O2. The Bertz CT molecular complexity index is 843. The van der Waals surface area contributed by atoms with Crippen molar-refractivity contribution in [3.63, 3.8) is 0 Å². The van der Waals surface area contributed by atoms with Crippen LogP contribution in [0, 0.1) is 12.8 Å². The molecule has 3 saturated heterocycles. The lowest BCUT2D eigenvalue weighted by molar-refractivity contribution is -0.135. The van der Waals surface area contributed by atoms with Crippen LogP contribution < -0.4 is 5.32 Å². The number of fused-ring (bicyclic) bond motifs is 1. The lowest BCUT2D eigenvalue weighted by Crippen LogP contribution is -2.56. The Morgan fingerprint density at radius 2 is 1.76 bits per heavy atom. The summed E-state index contributed by atoms with van der Waals surface area (Å²) in [4.78, 5) is 33.5. The topological polar surface area (TPSA) is 55.9 Å². The lowest BCUT2D eigenvalue weighted by Gasteiger charge is -2.41. The summed E-state index contributed by atoms with van der Waals surface area (Å²) in [6, 6.07) is 8.73. The maximum Gasteiger partial charge on any atom is 0.243 e. The molecule has 0 bridgehead atoms. The van der Waals surface area contributed by atoms with Crippen LogP contribution in [0.5, 0.6) is 0 Å². The minimum atomic E-state index is -0.369. The van der Waals surface area contributed by atoms with Gasteiger partial charge in [0.1, 0.15) is 6.04 Å². The second kappa shape index (κ2) is 9.98. The van der Waals surface area contributed by atoms with Crippen molar-refractivity contribution in [3.05, 3.63) is 35.4 Å². The van der Waals surface area contributed by atoms with Crippen LogP contribution in [0.15, 0.2) is 24.3 Å². The van der Waals surface area contributed by atoms with Crippen LogP contribution in [0.1, 0.15) is 68.9 Å². The zero-order valence-electron chi connectivity index (χ0n) is 21.1. The quantitative estimate of drug-likeness (QED) is 0.723. The monoisotopic (exact) mass is 466 g/mol. The minimum Gasteiger partial charge on any atom is -0.348 e. The number of hydrogen-bond acceptors (Lipinski definition) is 4. The Labute approximate surface area is 205 Å². The van der Waals surface area contributed by atoms with Gasteiger partial charge in [-0.05, 0) is 57.6 Å². The molecule has 1 aromatic rings. The van der Waals surface area contributed by atoms with Crippen LogP contribution in [0.3, 0.4) is 0 Å². The molecule has 1 aliphatic carbocycles. The first kappa shape index (κ1) is 23.8. The second-order valence-corrected chi connectivity index (χ2v) is 11.6. The van der Waals surface area contributed by atoms with Crippen LogP contribution in [0.2, 0.25) is 0 Å². The summed E-state index contributed by atoms with van der Waals surface area (Å²) in [6.07, 6.45) is 9.65. The number of likely N-dealkylation sites (tertiary alicyclic amines) is 1. The summed E-state index contributed by atoms with van der Waals surface area (Å²) in [5.41, 5.74) is 2.24. The van der Waals surface area contributed by atoms with Crippen LogP contribution in [-0.2, 0) is 16.1 Å². The fourth-order valence-electron chi connectivity index (χ4n) is 6.76. The number of aryl methyl sites for hydroxylation is 1. The summed E-state index contributed by atoms with van der Waals surface area (Å²) < 4.78 is 0. The second-order valence-electron chi connectivity index (χ2n) is 11.6. The van der Waals surface area contributed by atoms with Gasteiger partial charge in [-0.15, -0.1) is 0 Å². The smallest absolute Gasteiger partial charge is 0.243 e. The van der Waals surface area contributed by atoms with E-state index in [2.05, 4.69) is 53.4 Å². The number of nitrogens with one attached hydrogen (secondary N) is 1.